The number of primary amides is 1. The molecular weight excluding hydrogens is 550 g/mol. The number of carbonyl (C=O) groups is 6. The number of nitrogens with two attached hydrogens (primary N) is 1. The van der Waals surface area contributed by atoms with Crippen LogP contribution in [0.1, 0.15) is 22.3 Å². The second-order valence-electron chi connectivity index (χ2n) is 11.5. The molecule has 14 heteroatoms. The molecule has 6 N–H and O–H groups in total. The number of nitrogens with one attached hydrogen (secondary N) is 2. The van der Waals surface area contributed by atoms with Crippen LogP contribution in [0.5, 0.6) is 5.75 Å². The number of carbonyl (C=O) groups excluding carboxylic acids is 6. The third kappa shape index (κ3) is 4.87. The normalized spacial score (nSPS) is 28.7. The molecule has 0 saturated heterocycles. The zero-order valence-electron chi connectivity index (χ0n) is 24.2. The number of phenolic OH excluding ortho intramolecular Hbond substituents is 1. The number of aromatic hydroxyl groups is 1. The second kappa shape index (κ2) is 11.5. The van der Waals surface area contributed by atoms with Gasteiger partial charge in [-0.3, -0.25) is 33.7 Å². The van der Waals surface area contributed by atoms with Gasteiger partial charge in [-0.15, -0.1) is 0 Å². The Balaban J connectivity index is 1.78. The molecule has 3 aliphatic carbocycles. The van der Waals surface area contributed by atoms with E-state index in [4.69, 9.17) is 10.5 Å². The lowest BCUT2D eigenvalue weighted by molar-refractivity contribution is -0.181. The van der Waals surface area contributed by atoms with Gasteiger partial charge in [0.2, 0.25) is 11.8 Å². The molecule has 14 nitrogen and oxygen atoms in total. The molecule has 42 heavy (non-hydrogen) atoms. The van der Waals surface area contributed by atoms with E-state index < -0.39 is 76.0 Å². The van der Waals surface area contributed by atoms with Gasteiger partial charge in [0.25, 0.3) is 0 Å². The summed E-state index contributed by atoms with van der Waals surface area (Å²) in [5.41, 5.74) is 3.24. The predicted molar refractivity (Wildman–Crippen MR) is 149 cm³/mol. The summed E-state index contributed by atoms with van der Waals surface area (Å²) in [6, 6.07) is 0.354. The average Bonchev–Trinajstić information content (AvgIpc) is 2.89. The molecule has 6 atom stereocenters. The molecule has 1 aromatic rings. The number of hydrogen-bond donors (Lipinski definition) is 5. The summed E-state index contributed by atoms with van der Waals surface area (Å²) in [6.45, 7) is 0.691. The Hall–Kier alpha value is -3.72. The van der Waals surface area contributed by atoms with Crippen molar-refractivity contribution >= 4 is 46.3 Å². The number of benzene rings is 1. The highest BCUT2D eigenvalue weighted by Crippen LogP contribution is 2.52. The fraction of sp³-hybridized carbons (Fsp3) is 0.571. The first-order chi connectivity index (χ1) is 19.7. The number of ether oxygens (including phenoxy) is 1. The van der Waals surface area contributed by atoms with Gasteiger partial charge in [0.05, 0.1) is 36.4 Å². The van der Waals surface area contributed by atoms with Gasteiger partial charge in [-0.25, -0.2) is 0 Å². The van der Waals surface area contributed by atoms with Gasteiger partial charge in [-0.1, -0.05) is 0 Å². The molecule has 2 fully saturated rings. The van der Waals surface area contributed by atoms with Gasteiger partial charge in [-0.05, 0) is 44.5 Å². The summed E-state index contributed by atoms with van der Waals surface area (Å²) < 4.78 is 4.93. The van der Waals surface area contributed by atoms with E-state index in [2.05, 4.69) is 10.6 Å². The smallest absolute Gasteiger partial charge is 0.238 e. The van der Waals surface area contributed by atoms with Gasteiger partial charge < -0.3 is 36.2 Å². The van der Waals surface area contributed by atoms with E-state index in [1.807, 2.05) is 0 Å². The SMILES string of the molecule is COCCNCC(=O)Nc1cc(N(C)C)c2c(c1O)C(=O)C1C(=O)[C@]3(O)C(=O)C(C(N)=O)C(=O)[C@@H](N(C)C)C3CC1C2. The Bertz CT molecular complexity index is 1360. The second-order valence-corrected chi connectivity index (χ2v) is 11.5. The van der Waals surface area contributed by atoms with E-state index in [1.165, 1.54) is 32.2 Å². The Morgan fingerprint density at radius 3 is 2.38 bits per heavy atom. The molecule has 0 spiro atoms. The number of anilines is 2. The molecule has 1 aromatic carbocycles. The first-order valence-electron chi connectivity index (χ1n) is 13.6. The molecule has 3 aliphatic rings. The highest BCUT2D eigenvalue weighted by atomic mass is 16.5. The number of fused-ring (bicyclic) bond motifs is 3. The van der Waals surface area contributed by atoms with Crippen molar-refractivity contribution in [1.29, 1.82) is 0 Å². The van der Waals surface area contributed by atoms with Crippen molar-refractivity contribution < 1.29 is 43.7 Å². The summed E-state index contributed by atoms with van der Waals surface area (Å²) in [7, 11) is 8.01. The largest absolute Gasteiger partial charge is 0.505 e. The lowest BCUT2D eigenvalue weighted by Crippen LogP contribution is -2.74. The molecule has 4 rings (SSSR count). The fourth-order valence-electron chi connectivity index (χ4n) is 6.72. The average molecular weight is 588 g/mol. The third-order valence-corrected chi connectivity index (χ3v) is 8.56. The molecule has 0 radical (unpaired) electrons. The molecule has 4 unspecified atom stereocenters. The van der Waals surface area contributed by atoms with E-state index in [9.17, 15) is 39.0 Å². The maximum absolute atomic E-state index is 14.0. The van der Waals surface area contributed by atoms with Crippen LogP contribution in [-0.4, -0.2) is 117 Å². The van der Waals surface area contributed by atoms with Crippen LogP contribution in [0.3, 0.4) is 0 Å². The maximum atomic E-state index is 14.0. The number of phenols is 1. The van der Waals surface area contributed by atoms with E-state index >= 15 is 0 Å². The molecular formula is C28H37N5O9. The van der Waals surface area contributed by atoms with Crippen molar-refractivity contribution in [1.82, 2.24) is 10.2 Å². The Kier molecular flexibility index (Phi) is 8.56. The van der Waals surface area contributed by atoms with Crippen molar-refractivity contribution in [2.45, 2.75) is 24.5 Å². The third-order valence-electron chi connectivity index (χ3n) is 8.56. The number of amides is 2. The zero-order valence-corrected chi connectivity index (χ0v) is 24.2. The number of methoxy groups -OCH3 is 1. The summed E-state index contributed by atoms with van der Waals surface area (Å²) in [6.07, 6.45) is 0.0584. The van der Waals surface area contributed by atoms with Crippen LogP contribution in [0.15, 0.2) is 6.07 Å². The van der Waals surface area contributed by atoms with Crippen LogP contribution < -0.4 is 21.3 Å². The molecule has 0 heterocycles. The molecule has 0 bridgehead atoms. The minimum atomic E-state index is -2.81. The van der Waals surface area contributed by atoms with Gasteiger partial charge in [0.15, 0.2) is 34.7 Å². The van der Waals surface area contributed by atoms with E-state index in [-0.39, 0.29) is 30.6 Å². The zero-order chi connectivity index (χ0) is 31.3. The van der Waals surface area contributed by atoms with Gasteiger partial charge in [-0.2, -0.15) is 0 Å². The lowest BCUT2D eigenvalue weighted by atomic mass is 9.52. The van der Waals surface area contributed by atoms with Crippen LogP contribution in [0.2, 0.25) is 0 Å². The molecule has 0 aromatic heterocycles. The van der Waals surface area contributed by atoms with Crippen LogP contribution >= 0.6 is 0 Å². The minimum Gasteiger partial charge on any atom is -0.505 e. The maximum Gasteiger partial charge on any atom is 0.238 e. The number of nitrogens with zero attached hydrogens (tertiary/aromatic N) is 2. The molecule has 0 aliphatic heterocycles. The van der Waals surface area contributed by atoms with Crippen LogP contribution in [0, 0.1) is 23.7 Å². The fourth-order valence-corrected chi connectivity index (χ4v) is 6.72. The number of Topliss-reactive ketones (excluding diaryl/α,β-unsaturated/α-hetero) is 4. The van der Waals surface area contributed by atoms with Gasteiger partial charge in [0.1, 0.15) is 5.75 Å². The first kappa shape index (κ1) is 31.2. The first-order valence-corrected chi connectivity index (χ1v) is 13.6. The van der Waals surface area contributed by atoms with E-state index in [0.717, 1.165) is 0 Å². The van der Waals surface area contributed by atoms with Crippen LogP contribution in [0.4, 0.5) is 11.4 Å². The number of rotatable bonds is 9. The number of aliphatic hydroxyl groups is 1. The summed E-state index contributed by atoms with van der Waals surface area (Å²) >= 11 is 0. The van der Waals surface area contributed by atoms with E-state index in [0.29, 0.717) is 24.4 Å². The van der Waals surface area contributed by atoms with Gasteiger partial charge >= 0.3 is 0 Å². The Morgan fingerprint density at radius 1 is 1.14 bits per heavy atom. The Labute approximate surface area is 242 Å². The van der Waals surface area contributed by atoms with Crippen molar-refractivity contribution in [2.75, 3.05) is 65.2 Å². The standard InChI is InChI=1S/C28H37N5O9/c1-32(2)16-10-15(31-17(34)11-30-6-7-42-5)22(35)19-13(16)8-12-9-14-21(33(3)4)24(37)20(27(29)40)26(39)28(14,41)25(38)18(12)23(19)36/h10,12,14,18,20-21,30,35,41H,6-9,11H2,1-5H3,(H2,29,40)(H,31,34)/t12?,14?,18?,20?,21-,28-/m0/s1. The van der Waals surface area contributed by atoms with Crippen molar-refractivity contribution in [3.63, 3.8) is 0 Å². The highest BCUT2D eigenvalue weighted by Gasteiger charge is 2.69. The molecule has 2 saturated carbocycles. The number of hydrogen-bond acceptors (Lipinski definition) is 12. The van der Waals surface area contributed by atoms with Gasteiger partial charge in [0, 0.05) is 39.4 Å². The summed E-state index contributed by atoms with van der Waals surface area (Å²) in [4.78, 5) is 82.5. The van der Waals surface area contributed by atoms with Crippen molar-refractivity contribution in [3.8, 4) is 5.75 Å². The minimum absolute atomic E-state index is 0.0524. The van der Waals surface area contributed by atoms with E-state index in [1.54, 1.807) is 19.0 Å². The predicted octanol–water partition coefficient (Wildman–Crippen LogP) is -1.89. The number of likely N-dealkylation sites (N-methyl/N-ethyl adjacent to an activating group) is 1. The number of ketones is 4. The topological polar surface area (TPSA) is 209 Å². The molecule has 2 amide bonds. The summed E-state index contributed by atoms with van der Waals surface area (Å²) in [5, 5.41) is 28.4. The Morgan fingerprint density at radius 2 is 1.81 bits per heavy atom. The highest BCUT2D eigenvalue weighted by molar-refractivity contribution is 6.32. The quantitative estimate of drug-likeness (QED) is 0.122. The van der Waals surface area contributed by atoms with Crippen molar-refractivity contribution in [3.05, 3.63) is 17.2 Å². The summed E-state index contributed by atoms with van der Waals surface area (Å²) in [5.74, 6) is -11.9. The van der Waals surface area contributed by atoms with Crippen LogP contribution in [-0.2, 0) is 35.1 Å². The lowest BCUT2D eigenvalue weighted by Gasteiger charge is -2.52. The molecule has 228 valence electrons. The van der Waals surface area contributed by atoms with Crippen LogP contribution in [0.25, 0.3) is 0 Å². The monoisotopic (exact) mass is 587 g/mol. The van der Waals surface area contributed by atoms with Crippen molar-refractivity contribution in [2.24, 2.45) is 29.4 Å².